The Hall–Kier alpha value is -3.32. The Morgan fingerprint density at radius 1 is 0.971 bits per heavy atom. The predicted molar refractivity (Wildman–Crippen MR) is 138 cm³/mol. The highest BCUT2D eigenvalue weighted by molar-refractivity contribution is 7.92. The molecule has 1 N–H and O–H groups in total. The van der Waals surface area contributed by atoms with Crippen LogP contribution in [0.15, 0.2) is 77.7 Å². The fraction of sp³-hybridized carbons (Fsp3) is 0.321. The average Bonchev–Trinajstić information content (AvgIpc) is 2.88. The van der Waals surface area contributed by atoms with Gasteiger partial charge in [-0.1, -0.05) is 36.4 Å². The van der Waals surface area contributed by atoms with Crippen molar-refractivity contribution in [1.82, 2.24) is 5.32 Å². The third kappa shape index (κ3) is 5.85. The van der Waals surface area contributed by atoms with Gasteiger partial charge in [0.05, 0.1) is 23.2 Å². The van der Waals surface area contributed by atoms with Crippen LogP contribution in [0.3, 0.4) is 0 Å². The Bertz CT molecular complexity index is 1260. The van der Waals surface area contributed by atoms with Crippen molar-refractivity contribution >= 4 is 21.6 Å². The molecule has 0 heterocycles. The van der Waals surface area contributed by atoms with Crippen LogP contribution in [-0.4, -0.2) is 27.5 Å². The van der Waals surface area contributed by atoms with Crippen LogP contribution >= 0.6 is 0 Å². The minimum atomic E-state index is -3.96. The zero-order valence-electron chi connectivity index (χ0n) is 20.2. The van der Waals surface area contributed by atoms with Gasteiger partial charge in [-0.15, -0.1) is 0 Å². The molecule has 184 valence electrons. The van der Waals surface area contributed by atoms with E-state index in [1.165, 1.54) is 36.1 Å². The largest absolute Gasteiger partial charge is 0.494 e. The van der Waals surface area contributed by atoms with Gasteiger partial charge in [0.25, 0.3) is 10.0 Å². The summed E-state index contributed by atoms with van der Waals surface area (Å²) < 4.78 is 33.7. The Balaban J connectivity index is 1.56. The van der Waals surface area contributed by atoms with Crippen molar-refractivity contribution in [2.24, 2.45) is 0 Å². The highest BCUT2D eigenvalue weighted by Crippen LogP contribution is 2.27. The first-order valence-electron chi connectivity index (χ1n) is 12.1. The van der Waals surface area contributed by atoms with E-state index < -0.39 is 10.0 Å². The van der Waals surface area contributed by atoms with Crippen molar-refractivity contribution in [2.75, 3.05) is 17.5 Å². The van der Waals surface area contributed by atoms with Crippen molar-refractivity contribution < 1.29 is 17.9 Å². The van der Waals surface area contributed by atoms with E-state index in [0.29, 0.717) is 18.0 Å². The summed E-state index contributed by atoms with van der Waals surface area (Å²) in [4.78, 5) is 13.2. The van der Waals surface area contributed by atoms with Crippen LogP contribution in [-0.2, 0) is 27.7 Å². The Kier molecular flexibility index (Phi) is 7.76. The first kappa shape index (κ1) is 24.8. The van der Waals surface area contributed by atoms with Crippen molar-refractivity contribution in [3.63, 3.8) is 0 Å². The second-order valence-corrected chi connectivity index (χ2v) is 10.6. The van der Waals surface area contributed by atoms with Crippen molar-refractivity contribution in [1.29, 1.82) is 0 Å². The van der Waals surface area contributed by atoms with Gasteiger partial charge < -0.3 is 10.1 Å². The molecule has 0 radical (unpaired) electrons. The minimum absolute atomic E-state index is 0.129. The van der Waals surface area contributed by atoms with Gasteiger partial charge in [-0.05, 0) is 92.6 Å². The number of sulfonamides is 1. The zero-order valence-corrected chi connectivity index (χ0v) is 21.1. The quantitative estimate of drug-likeness (QED) is 0.454. The maximum absolute atomic E-state index is 13.5. The number of hydrogen-bond acceptors (Lipinski definition) is 4. The lowest BCUT2D eigenvalue weighted by molar-refractivity contribution is -0.120. The van der Waals surface area contributed by atoms with Gasteiger partial charge >= 0.3 is 0 Å². The van der Waals surface area contributed by atoms with E-state index >= 15 is 0 Å². The Morgan fingerprint density at radius 2 is 1.66 bits per heavy atom. The van der Waals surface area contributed by atoms with Gasteiger partial charge in [0.1, 0.15) is 12.3 Å². The molecule has 4 rings (SSSR count). The average molecular weight is 493 g/mol. The van der Waals surface area contributed by atoms with Gasteiger partial charge in [0, 0.05) is 0 Å². The van der Waals surface area contributed by atoms with Crippen LogP contribution in [0, 0.1) is 0 Å². The van der Waals surface area contributed by atoms with Gasteiger partial charge in [-0.3, -0.25) is 9.10 Å². The molecule has 0 saturated heterocycles. The summed E-state index contributed by atoms with van der Waals surface area (Å²) in [5, 5.41) is 2.99. The molecule has 3 aromatic rings. The van der Waals surface area contributed by atoms with Crippen molar-refractivity contribution in [3.05, 3.63) is 89.5 Å². The second kappa shape index (κ2) is 11.0. The van der Waals surface area contributed by atoms with E-state index in [-0.39, 0.29) is 23.4 Å². The number of anilines is 1. The normalized spacial score (nSPS) is 14.0. The molecule has 1 aliphatic rings. The number of hydrogen-bond donors (Lipinski definition) is 1. The van der Waals surface area contributed by atoms with E-state index in [1.54, 1.807) is 42.5 Å². The predicted octanol–water partition coefficient (Wildman–Crippen LogP) is 5.04. The summed E-state index contributed by atoms with van der Waals surface area (Å²) in [6, 6.07) is 21.0. The lowest BCUT2D eigenvalue weighted by atomic mass is 9.89. The molecule has 0 bridgehead atoms. The van der Waals surface area contributed by atoms with Crippen LogP contribution in [0.4, 0.5) is 5.69 Å². The summed E-state index contributed by atoms with van der Waals surface area (Å²) in [6.07, 6.45) is 4.57. The number of carbonyl (C=O) groups excluding carboxylic acids is 1. The molecule has 35 heavy (non-hydrogen) atoms. The maximum Gasteiger partial charge on any atom is 0.264 e. The number of nitrogens with zero attached hydrogens (tertiary/aromatic N) is 1. The monoisotopic (exact) mass is 492 g/mol. The molecule has 3 aromatic carbocycles. The Morgan fingerprint density at radius 3 is 2.34 bits per heavy atom. The highest BCUT2D eigenvalue weighted by atomic mass is 32.2. The fourth-order valence-corrected chi connectivity index (χ4v) is 5.88. The molecule has 0 fully saturated rings. The number of nitrogens with one attached hydrogen (secondary N) is 1. The van der Waals surface area contributed by atoms with E-state index in [1.807, 2.05) is 13.8 Å². The van der Waals surface area contributed by atoms with E-state index in [2.05, 4.69) is 23.5 Å². The summed E-state index contributed by atoms with van der Waals surface area (Å²) in [6.45, 7) is 3.98. The molecule has 0 aliphatic heterocycles. The SMILES string of the molecule is CCOc1ccc(N(CC(=O)N[C@H](C)c2ccc3c(c2)CCCC3)S(=O)(=O)c2ccccc2)cc1. The van der Waals surface area contributed by atoms with Crippen LogP contribution in [0.1, 0.15) is 49.4 Å². The second-order valence-electron chi connectivity index (χ2n) is 8.78. The molecule has 1 atom stereocenters. The van der Waals surface area contributed by atoms with Crippen molar-refractivity contribution in [3.8, 4) is 5.75 Å². The van der Waals surface area contributed by atoms with Gasteiger partial charge in [-0.25, -0.2) is 8.42 Å². The summed E-state index contributed by atoms with van der Waals surface area (Å²) in [7, 11) is -3.96. The Labute approximate surface area is 208 Å². The van der Waals surface area contributed by atoms with Gasteiger partial charge in [-0.2, -0.15) is 0 Å². The van der Waals surface area contributed by atoms with Crippen LogP contribution in [0.5, 0.6) is 5.75 Å². The lowest BCUT2D eigenvalue weighted by Gasteiger charge is -2.25. The first-order chi connectivity index (χ1) is 16.9. The molecule has 1 aliphatic carbocycles. The maximum atomic E-state index is 13.5. The van der Waals surface area contributed by atoms with Crippen LogP contribution in [0.2, 0.25) is 0 Å². The third-order valence-corrected chi connectivity index (χ3v) is 8.09. The number of fused-ring (bicyclic) bond motifs is 1. The molecule has 0 unspecified atom stereocenters. The van der Waals surface area contributed by atoms with Gasteiger partial charge in [0.15, 0.2) is 0 Å². The number of aryl methyl sites for hydroxylation is 2. The number of carbonyl (C=O) groups is 1. The number of rotatable bonds is 9. The smallest absolute Gasteiger partial charge is 0.264 e. The molecular weight excluding hydrogens is 460 g/mol. The first-order valence-corrected chi connectivity index (χ1v) is 13.5. The van der Waals surface area contributed by atoms with Crippen LogP contribution < -0.4 is 14.4 Å². The summed E-state index contributed by atoms with van der Waals surface area (Å²) in [5.74, 6) is 0.266. The van der Waals surface area contributed by atoms with Crippen molar-refractivity contribution in [2.45, 2.75) is 50.5 Å². The van der Waals surface area contributed by atoms with E-state index in [0.717, 1.165) is 22.7 Å². The summed E-state index contributed by atoms with van der Waals surface area (Å²) in [5.41, 5.74) is 4.15. The highest BCUT2D eigenvalue weighted by Gasteiger charge is 2.28. The third-order valence-electron chi connectivity index (χ3n) is 6.30. The summed E-state index contributed by atoms with van der Waals surface area (Å²) >= 11 is 0. The number of ether oxygens (including phenoxy) is 1. The number of benzene rings is 3. The molecular formula is C28H32N2O4S. The molecule has 7 heteroatoms. The van der Waals surface area contributed by atoms with Gasteiger partial charge in [0.2, 0.25) is 5.91 Å². The molecule has 0 saturated carbocycles. The molecule has 0 spiro atoms. The minimum Gasteiger partial charge on any atom is -0.494 e. The lowest BCUT2D eigenvalue weighted by Crippen LogP contribution is -2.41. The fourth-order valence-electron chi connectivity index (χ4n) is 4.43. The standard InChI is InChI=1S/C28H32N2O4S/c1-3-34-26-17-15-25(16-18-26)30(35(32,33)27-11-5-4-6-12-27)20-28(31)29-21(2)23-14-13-22-9-7-8-10-24(22)19-23/h4-6,11-19,21H,3,7-10,20H2,1-2H3,(H,29,31)/t21-/m1/s1. The molecule has 0 aromatic heterocycles. The zero-order chi connectivity index (χ0) is 24.8. The van der Waals surface area contributed by atoms with Crippen LogP contribution in [0.25, 0.3) is 0 Å². The molecule has 1 amide bonds. The topological polar surface area (TPSA) is 75.7 Å². The van der Waals surface area contributed by atoms with E-state index in [9.17, 15) is 13.2 Å². The van der Waals surface area contributed by atoms with E-state index in [4.69, 9.17) is 4.74 Å². The number of amides is 1. The molecule has 6 nitrogen and oxygen atoms in total.